The third kappa shape index (κ3) is 1.61. The van der Waals surface area contributed by atoms with Gasteiger partial charge < -0.3 is 9.84 Å². The maximum absolute atomic E-state index is 11.4. The Labute approximate surface area is 95.0 Å². The number of hydrogen-bond donors (Lipinski definition) is 1. The van der Waals surface area contributed by atoms with E-state index in [1.165, 1.54) is 0 Å². The largest absolute Gasteiger partial charge is 0.457 e. The van der Waals surface area contributed by atoms with Gasteiger partial charge in [-0.1, -0.05) is 13.0 Å². The molecule has 1 unspecified atom stereocenters. The van der Waals surface area contributed by atoms with Crippen molar-refractivity contribution in [3.8, 4) is 0 Å². The number of hydrogen-bond acceptors (Lipinski definition) is 3. The van der Waals surface area contributed by atoms with Crippen molar-refractivity contribution in [1.82, 2.24) is 0 Å². The second-order valence-electron chi connectivity index (χ2n) is 4.17. The number of carbonyl (C=O) groups is 1. The van der Waals surface area contributed by atoms with Gasteiger partial charge in [0.2, 0.25) is 0 Å². The fourth-order valence-corrected chi connectivity index (χ4v) is 2.26. The number of benzene rings is 1. The molecule has 3 nitrogen and oxygen atoms in total. The van der Waals surface area contributed by atoms with Crippen LogP contribution in [0, 0.1) is 6.92 Å². The van der Waals surface area contributed by atoms with Gasteiger partial charge in [0.05, 0.1) is 5.56 Å². The fourth-order valence-electron chi connectivity index (χ4n) is 2.26. The van der Waals surface area contributed by atoms with Crippen LogP contribution >= 0.6 is 0 Å². The van der Waals surface area contributed by atoms with Crippen molar-refractivity contribution in [2.75, 3.05) is 6.61 Å². The van der Waals surface area contributed by atoms with E-state index in [0.29, 0.717) is 12.2 Å². The number of rotatable bonds is 3. The van der Waals surface area contributed by atoms with E-state index in [4.69, 9.17) is 4.74 Å². The van der Waals surface area contributed by atoms with Crippen LogP contribution in [-0.2, 0) is 11.3 Å². The summed E-state index contributed by atoms with van der Waals surface area (Å²) in [6.45, 7) is 4.56. The molecule has 1 atom stereocenters. The minimum Gasteiger partial charge on any atom is -0.457 e. The summed E-state index contributed by atoms with van der Waals surface area (Å²) in [6, 6.07) is 3.75. The third-order valence-electron chi connectivity index (χ3n) is 3.36. The Balaban J connectivity index is 2.47. The fraction of sp³-hybridized carbons (Fsp3) is 0.462. The zero-order valence-electron chi connectivity index (χ0n) is 9.62. The molecule has 0 aliphatic carbocycles. The smallest absolute Gasteiger partial charge is 0.338 e. The quantitative estimate of drug-likeness (QED) is 0.794. The van der Waals surface area contributed by atoms with E-state index in [-0.39, 0.29) is 18.5 Å². The Bertz CT molecular complexity index is 419. The number of carbonyl (C=O) groups excluding carboxylic acids is 1. The van der Waals surface area contributed by atoms with E-state index >= 15 is 0 Å². The first kappa shape index (κ1) is 11.1. The van der Waals surface area contributed by atoms with Gasteiger partial charge in [0.1, 0.15) is 6.61 Å². The number of cyclic esters (lactones) is 1. The lowest BCUT2D eigenvalue weighted by atomic mass is 9.89. The van der Waals surface area contributed by atoms with Crippen LogP contribution < -0.4 is 0 Å². The van der Waals surface area contributed by atoms with Crippen LogP contribution in [0.15, 0.2) is 12.1 Å². The van der Waals surface area contributed by atoms with Crippen molar-refractivity contribution in [2.45, 2.75) is 32.8 Å². The van der Waals surface area contributed by atoms with Gasteiger partial charge in [-0.25, -0.2) is 4.79 Å². The molecule has 1 aliphatic rings. The maximum Gasteiger partial charge on any atom is 0.338 e. The molecule has 0 aromatic heterocycles. The Hall–Kier alpha value is -1.35. The molecular formula is C13H16O3. The van der Waals surface area contributed by atoms with Crippen LogP contribution in [0.5, 0.6) is 0 Å². The number of aliphatic hydroxyl groups is 1. The van der Waals surface area contributed by atoms with Crippen molar-refractivity contribution >= 4 is 5.97 Å². The summed E-state index contributed by atoms with van der Waals surface area (Å²) >= 11 is 0. The Morgan fingerprint density at radius 2 is 2.25 bits per heavy atom. The first-order valence-corrected chi connectivity index (χ1v) is 5.59. The SMILES string of the molecule is CCC(CO)c1ccc2c(c1C)COC2=O. The van der Waals surface area contributed by atoms with E-state index in [1.807, 2.05) is 19.1 Å². The van der Waals surface area contributed by atoms with Gasteiger partial charge in [-0.15, -0.1) is 0 Å². The Kier molecular flexibility index (Phi) is 2.97. The van der Waals surface area contributed by atoms with Crippen LogP contribution in [0.3, 0.4) is 0 Å². The number of ether oxygens (including phenoxy) is 1. The van der Waals surface area contributed by atoms with Crippen LogP contribution in [-0.4, -0.2) is 17.7 Å². The zero-order valence-corrected chi connectivity index (χ0v) is 9.62. The van der Waals surface area contributed by atoms with Crippen molar-refractivity contribution < 1.29 is 14.6 Å². The molecule has 1 N–H and O–H groups in total. The molecule has 0 saturated heterocycles. The zero-order chi connectivity index (χ0) is 11.7. The van der Waals surface area contributed by atoms with E-state index in [0.717, 1.165) is 23.1 Å². The Morgan fingerprint density at radius 3 is 2.88 bits per heavy atom. The van der Waals surface area contributed by atoms with Crippen molar-refractivity contribution in [3.05, 3.63) is 34.4 Å². The van der Waals surface area contributed by atoms with Crippen molar-refractivity contribution in [3.63, 3.8) is 0 Å². The molecule has 2 rings (SSSR count). The predicted octanol–water partition coefficient (Wildman–Crippen LogP) is 2.15. The minimum atomic E-state index is -0.235. The molecule has 3 heteroatoms. The highest BCUT2D eigenvalue weighted by atomic mass is 16.5. The summed E-state index contributed by atoms with van der Waals surface area (Å²) in [7, 11) is 0. The molecular weight excluding hydrogens is 204 g/mol. The molecule has 0 amide bonds. The highest BCUT2D eigenvalue weighted by Gasteiger charge is 2.25. The predicted molar refractivity (Wildman–Crippen MR) is 60.4 cm³/mol. The number of fused-ring (bicyclic) bond motifs is 1. The van der Waals surface area contributed by atoms with Gasteiger partial charge in [-0.05, 0) is 30.5 Å². The summed E-state index contributed by atoms with van der Waals surface area (Å²) in [5, 5.41) is 9.31. The van der Waals surface area contributed by atoms with Crippen LogP contribution in [0.25, 0.3) is 0 Å². The first-order chi connectivity index (χ1) is 7.69. The Morgan fingerprint density at radius 1 is 1.50 bits per heavy atom. The monoisotopic (exact) mass is 220 g/mol. The van der Waals surface area contributed by atoms with E-state index < -0.39 is 0 Å². The molecule has 86 valence electrons. The summed E-state index contributed by atoms with van der Waals surface area (Å²) in [5.74, 6) is -0.0808. The molecule has 0 radical (unpaired) electrons. The molecule has 1 aromatic rings. The van der Waals surface area contributed by atoms with Crippen LogP contribution in [0.1, 0.15) is 46.3 Å². The minimum absolute atomic E-state index is 0.144. The average molecular weight is 220 g/mol. The normalized spacial score (nSPS) is 15.8. The molecule has 16 heavy (non-hydrogen) atoms. The highest BCUT2D eigenvalue weighted by Crippen LogP contribution is 2.30. The number of esters is 1. The molecule has 1 aromatic carbocycles. The van der Waals surface area contributed by atoms with Gasteiger partial charge in [0.25, 0.3) is 0 Å². The summed E-state index contributed by atoms with van der Waals surface area (Å²) in [5.41, 5.74) is 3.87. The summed E-state index contributed by atoms with van der Waals surface area (Å²) in [4.78, 5) is 11.4. The second kappa shape index (κ2) is 4.26. The van der Waals surface area contributed by atoms with Crippen molar-refractivity contribution in [2.24, 2.45) is 0 Å². The van der Waals surface area contributed by atoms with Crippen LogP contribution in [0.2, 0.25) is 0 Å². The molecule has 1 aliphatic heterocycles. The van der Waals surface area contributed by atoms with Gasteiger partial charge in [-0.3, -0.25) is 0 Å². The van der Waals surface area contributed by atoms with Gasteiger partial charge in [-0.2, -0.15) is 0 Å². The summed E-state index contributed by atoms with van der Waals surface area (Å²) < 4.78 is 5.00. The standard InChI is InChI=1S/C13H16O3/c1-3-9(6-14)10-4-5-11-12(8(10)2)7-16-13(11)15/h4-5,9,14H,3,6-7H2,1-2H3. The summed E-state index contributed by atoms with van der Waals surface area (Å²) in [6.07, 6.45) is 0.894. The lowest BCUT2D eigenvalue weighted by Gasteiger charge is -2.16. The van der Waals surface area contributed by atoms with Gasteiger partial charge >= 0.3 is 5.97 Å². The highest BCUT2D eigenvalue weighted by molar-refractivity contribution is 5.93. The first-order valence-electron chi connectivity index (χ1n) is 5.59. The van der Waals surface area contributed by atoms with Crippen molar-refractivity contribution in [1.29, 1.82) is 0 Å². The van der Waals surface area contributed by atoms with Gasteiger partial charge in [0.15, 0.2) is 0 Å². The van der Waals surface area contributed by atoms with E-state index in [1.54, 1.807) is 0 Å². The topological polar surface area (TPSA) is 46.5 Å². The van der Waals surface area contributed by atoms with Crippen LogP contribution in [0.4, 0.5) is 0 Å². The molecule has 0 spiro atoms. The molecule has 0 saturated carbocycles. The molecule has 0 fully saturated rings. The van der Waals surface area contributed by atoms with E-state index in [9.17, 15) is 9.90 Å². The molecule has 1 heterocycles. The lowest BCUT2D eigenvalue weighted by Crippen LogP contribution is -2.07. The number of aliphatic hydroxyl groups excluding tert-OH is 1. The second-order valence-corrected chi connectivity index (χ2v) is 4.17. The van der Waals surface area contributed by atoms with E-state index in [2.05, 4.69) is 6.92 Å². The lowest BCUT2D eigenvalue weighted by molar-refractivity contribution is 0.0535. The average Bonchev–Trinajstić information content (AvgIpc) is 2.66. The maximum atomic E-state index is 11.4. The molecule has 0 bridgehead atoms. The van der Waals surface area contributed by atoms with Gasteiger partial charge in [0, 0.05) is 18.1 Å². The third-order valence-corrected chi connectivity index (χ3v) is 3.36.